The Hall–Kier alpha value is -0.120. The van der Waals surface area contributed by atoms with Crippen LogP contribution in [0.25, 0.3) is 0 Å². The molecule has 0 radical (unpaired) electrons. The van der Waals surface area contributed by atoms with Gasteiger partial charge in [-0.25, -0.2) is 0 Å². The van der Waals surface area contributed by atoms with Crippen LogP contribution in [0.15, 0.2) is 4.99 Å². The number of guanidine groups is 1. The molecule has 144 valence electrons. The highest BCUT2D eigenvalue weighted by molar-refractivity contribution is 14.0. The minimum Gasteiger partial charge on any atom is -0.385 e. The van der Waals surface area contributed by atoms with Crippen molar-refractivity contribution in [1.29, 1.82) is 0 Å². The molecule has 24 heavy (non-hydrogen) atoms. The molecule has 2 N–H and O–H groups in total. The van der Waals surface area contributed by atoms with Crippen molar-refractivity contribution in [2.24, 2.45) is 10.9 Å². The van der Waals surface area contributed by atoms with E-state index in [4.69, 9.17) is 14.2 Å². The highest BCUT2D eigenvalue weighted by atomic mass is 127. The summed E-state index contributed by atoms with van der Waals surface area (Å²) in [7, 11) is 1.75. The number of hydrogen-bond donors (Lipinski definition) is 2. The summed E-state index contributed by atoms with van der Waals surface area (Å²) in [5, 5.41) is 6.65. The molecule has 0 spiro atoms. The van der Waals surface area contributed by atoms with Crippen molar-refractivity contribution in [3.05, 3.63) is 0 Å². The van der Waals surface area contributed by atoms with Gasteiger partial charge in [0.1, 0.15) is 0 Å². The van der Waals surface area contributed by atoms with Crippen LogP contribution < -0.4 is 10.6 Å². The van der Waals surface area contributed by atoms with Gasteiger partial charge in [-0.3, -0.25) is 4.99 Å². The molecule has 6 nitrogen and oxygen atoms in total. The Kier molecular flexibility index (Phi) is 17.6. The maximum atomic E-state index is 5.69. The number of hydrogen-bond acceptors (Lipinski definition) is 4. The number of halogens is 1. The van der Waals surface area contributed by atoms with Crippen molar-refractivity contribution in [1.82, 2.24) is 10.6 Å². The van der Waals surface area contributed by atoms with Crippen molar-refractivity contribution in [3.63, 3.8) is 0 Å². The molecular weight excluding hydrogens is 421 g/mol. The average molecular weight is 457 g/mol. The maximum absolute atomic E-state index is 5.69. The van der Waals surface area contributed by atoms with E-state index in [0.717, 1.165) is 84.3 Å². The van der Waals surface area contributed by atoms with Crippen LogP contribution in [0.2, 0.25) is 0 Å². The van der Waals surface area contributed by atoms with Crippen LogP contribution in [-0.4, -0.2) is 65.7 Å². The second-order valence-electron chi connectivity index (χ2n) is 5.90. The molecule has 7 heteroatoms. The summed E-state index contributed by atoms with van der Waals surface area (Å²) in [6, 6.07) is 0. The second kappa shape index (κ2) is 17.7. The molecule has 0 aliphatic carbocycles. The third kappa shape index (κ3) is 13.2. The van der Waals surface area contributed by atoms with Crippen molar-refractivity contribution in [3.8, 4) is 0 Å². The van der Waals surface area contributed by atoms with Gasteiger partial charge in [-0.2, -0.15) is 0 Å². The lowest BCUT2D eigenvalue weighted by Crippen LogP contribution is -2.37. The lowest BCUT2D eigenvalue weighted by molar-refractivity contribution is 0.0893. The number of methoxy groups -OCH3 is 1. The van der Waals surface area contributed by atoms with Crippen molar-refractivity contribution in [2.45, 2.75) is 39.0 Å². The first-order valence-electron chi connectivity index (χ1n) is 9.03. The van der Waals surface area contributed by atoms with E-state index < -0.39 is 0 Å². The van der Waals surface area contributed by atoms with Crippen LogP contribution in [-0.2, 0) is 14.2 Å². The van der Waals surface area contributed by atoms with E-state index in [2.05, 4.69) is 22.5 Å². The standard InChI is InChI=1S/C17H35N3O3.HI/c1-3-18-17(19-9-5-4-6-11-21-2)20-10-7-12-22-14-16-8-13-23-15-16;/h16H,3-15H2,1-2H3,(H2,18,19,20);1H. The van der Waals surface area contributed by atoms with Gasteiger partial charge in [0.25, 0.3) is 0 Å². The quantitative estimate of drug-likeness (QED) is 0.193. The second-order valence-corrected chi connectivity index (χ2v) is 5.90. The van der Waals surface area contributed by atoms with Gasteiger partial charge in [0.05, 0.1) is 13.2 Å². The Morgan fingerprint density at radius 2 is 2.04 bits per heavy atom. The SMILES string of the molecule is CCNC(=NCCCOCC1CCOC1)NCCCCCOC.I. The number of ether oxygens (including phenoxy) is 3. The van der Waals surface area contributed by atoms with Crippen LogP contribution in [0.4, 0.5) is 0 Å². The van der Waals surface area contributed by atoms with Crippen LogP contribution in [0, 0.1) is 5.92 Å². The summed E-state index contributed by atoms with van der Waals surface area (Å²) >= 11 is 0. The van der Waals surface area contributed by atoms with Crippen LogP contribution in [0.1, 0.15) is 39.0 Å². The van der Waals surface area contributed by atoms with Gasteiger partial charge in [0.15, 0.2) is 5.96 Å². The third-order valence-corrected chi connectivity index (χ3v) is 3.76. The summed E-state index contributed by atoms with van der Waals surface area (Å²) < 4.78 is 16.1. The number of aliphatic imine (C=N–C) groups is 1. The van der Waals surface area contributed by atoms with Crippen LogP contribution in [0.5, 0.6) is 0 Å². The fraction of sp³-hybridized carbons (Fsp3) is 0.941. The van der Waals surface area contributed by atoms with E-state index in [1.165, 1.54) is 6.42 Å². The molecule has 1 saturated heterocycles. The van der Waals surface area contributed by atoms with Gasteiger partial charge in [-0.15, -0.1) is 24.0 Å². The predicted octanol–water partition coefficient (Wildman–Crippen LogP) is 2.42. The Morgan fingerprint density at radius 3 is 2.75 bits per heavy atom. The molecule has 1 aliphatic heterocycles. The van der Waals surface area contributed by atoms with E-state index in [1.54, 1.807) is 7.11 Å². The summed E-state index contributed by atoms with van der Waals surface area (Å²) in [6.45, 7) is 8.91. The van der Waals surface area contributed by atoms with E-state index in [-0.39, 0.29) is 24.0 Å². The van der Waals surface area contributed by atoms with Gasteiger partial charge in [-0.1, -0.05) is 0 Å². The number of nitrogens with zero attached hydrogens (tertiary/aromatic N) is 1. The topological polar surface area (TPSA) is 64.1 Å². The molecule has 1 heterocycles. The predicted molar refractivity (Wildman–Crippen MR) is 109 cm³/mol. The van der Waals surface area contributed by atoms with Gasteiger partial charge < -0.3 is 24.8 Å². The molecule has 0 saturated carbocycles. The normalized spacial score (nSPS) is 17.6. The summed E-state index contributed by atoms with van der Waals surface area (Å²) in [4.78, 5) is 4.58. The number of unbranched alkanes of at least 4 members (excludes halogenated alkanes) is 2. The molecule has 0 bridgehead atoms. The molecule has 1 unspecified atom stereocenters. The van der Waals surface area contributed by atoms with Gasteiger partial charge in [0.2, 0.25) is 0 Å². The fourth-order valence-electron chi connectivity index (χ4n) is 2.42. The minimum absolute atomic E-state index is 0. The first-order chi connectivity index (χ1) is 11.4. The Balaban J connectivity index is 0.00000529. The lowest BCUT2D eigenvalue weighted by atomic mass is 10.1. The minimum atomic E-state index is 0. The molecular formula is C17H36IN3O3. The highest BCUT2D eigenvalue weighted by Crippen LogP contribution is 2.12. The maximum Gasteiger partial charge on any atom is 0.191 e. The molecule has 1 rings (SSSR count). The van der Waals surface area contributed by atoms with Gasteiger partial charge in [-0.05, 0) is 39.0 Å². The first-order valence-corrected chi connectivity index (χ1v) is 9.03. The Morgan fingerprint density at radius 1 is 1.17 bits per heavy atom. The van der Waals surface area contributed by atoms with Crippen LogP contribution in [0.3, 0.4) is 0 Å². The molecule has 0 aromatic rings. The molecule has 1 aliphatic rings. The highest BCUT2D eigenvalue weighted by Gasteiger charge is 2.15. The lowest BCUT2D eigenvalue weighted by Gasteiger charge is -2.11. The van der Waals surface area contributed by atoms with E-state index in [9.17, 15) is 0 Å². The number of nitrogens with one attached hydrogen (secondary N) is 2. The summed E-state index contributed by atoms with van der Waals surface area (Å²) in [5.41, 5.74) is 0. The fourth-order valence-corrected chi connectivity index (χ4v) is 2.42. The van der Waals surface area contributed by atoms with Crippen molar-refractivity contribution < 1.29 is 14.2 Å². The van der Waals surface area contributed by atoms with E-state index in [1.807, 2.05) is 0 Å². The van der Waals surface area contributed by atoms with Gasteiger partial charge in [0, 0.05) is 52.5 Å². The van der Waals surface area contributed by atoms with E-state index >= 15 is 0 Å². The average Bonchev–Trinajstić information content (AvgIpc) is 3.07. The smallest absolute Gasteiger partial charge is 0.191 e. The molecule has 0 amide bonds. The third-order valence-electron chi connectivity index (χ3n) is 3.76. The van der Waals surface area contributed by atoms with Crippen LogP contribution >= 0.6 is 24.0 Å². The Bertz CT molecular complexity index is 301. The zero-order valence-electron chi connectivity index (χ0n) is 15.3. The zero-order valence-corrected chi connectivity index (χ0v) is 17.7. The summed E-state index contributed by atoms with van der Waals surface area (Å²) in [5.74, 6) is 1.50. The Labute approximate surface area is 164 Å². The van der Waals surface area contributed by atoms with Crippen molar-refractivity contribution in [2.75, 3.05) is 59.8 Å². The molecule has 1 fully saturated rings. The largest absolute Gasteiger partial charge is 0.385 e. The monoisotopic (exact) mass is 457 g/mol. The molecule has 0 aromatic carbocycles. The first kappa shape index (κ1) is 23.9. The number of rotatable bonds is 13. The van der Waals surface area contributed by atoms with Crippen molar-refractivity contribution >= 4 is 29.9 Å². The summed E-state index contributed by atoms with van der Waals surface area (Å²) in [6.07, 6.45) is 5.53. The zero-order chi connectivity index (χ0) is 16.6. The molecule has 0 aromatic heterocycles. The van der Waals surface area contributed by atoms with Gasteiger partial charge >= 0.3 is 0 Å². The molecule has 1 atom stereocenters. The van der Waals surface area contributed by atoms with E-state index in [0.29, 0.717) is 5.92 Å².